The average Bonchev–Trinajstić information content (AvgIpc) is 2.46. The number of likely N-dealkylation sites (N-methyl/N-ethyl adjacent to an activating group) is 2. The number of nitrogens with zero attached hydrogens (tertiary/aromatic N) is 2. The summed E-state index contributed by atoms with van der Waals surface area (Å²) >= 11 is 0. The molecule has 0 aliphatic carbocycles. The van der Waals surface area contributed by atoms with Gasteiger partial charge in [-0.2, -0.15) is 0 Å². The lowest BCUT2D eigenvalue weighted by Crippen LogP contribution is -2.39. The van der Waals surface area contributed by atoms with Gasteiger partial charge in [-0.15, -0.1) is 0 Å². The predicted molar refractivity (Wildman–Crippen MR) is 77.9 cm³/mol. The first-order valence-corrected chi connectivity index (χ1v) is 6.68. The number of carboxylic acid groups (broad SMARTS) is 1. The molecule has 0 atom stereocenters. The number of amides is 2. The van der Waals surface area contributed by atoms with Crippen molar-refractivity contribution in [3.8, 4) is 0 Å². The maximum Gasteiger partial charge on any atom is 0.303 e. The molecule has 0 radical (unpaired) electrons. The van der Waals surface area contributed by atoms with Crippen molar-refractivity contribution >= 4 is 17.8 Å². The van der Waals surface area contributed by atoms with Gasteiger partial charge in [-0.3, -0.25) is 14.4 Å². The topological polar surface area (TPSA) is 77.9 Å². The van der Waals surface area contributed by atoms with Gasteiger partial charge in [0.2, 0.25) is 5.91 Å². The lowest BCUT2D eigenvalue weighted by atomic mass is 10.2. The Kier molecular flexibility index (Phi) is 6.39. The Morgan fingerprint density at radius 1 is 1.05 bits per heavy atom. The number of carbonyl (C=O) groups is 3. The monoisotopic (exact) mass is 292 g/mol. The van der Waals surface area contributed by atoms with Crippen LogP contribution in [0.1, 0.15) is 23.2 Å². The van der Waals surface area contributed by atoms with E-state index in [9.17, 15) is 14.4 Å². The van der Waals surface area contributed by atoms with Crippen LogP contribution in [-0.4, -0.2) is 59.9 Å². The summed E-state index contributed by atoms with van der Waals surface area (Å²) in [4.78, 5) is 37.2. The Hall–Kier alpha value is -2.37. The Morgan fingerprint density at radius 2 is 1.67 bits per heavy atom. The summed E-state index contributed by atoms with van der Waals surface area (Å²) in [6, 6.07) is 8.74. The van der Waals surface area contributed by atoms with E-state index in [4.69, 9.17) is 5.11 Å². The molecule has 0 fully saturated rings. The molecule has 21 heavy (non-hydrogen) atoms. The van der Waals surface area contributed by atoms with Crippen molar-refractivity contribution in [2.75, 3.05) is 27.2 Å². The summed E-state index contributed by atoms with van der Waals surface area (Å²) in [6.07, 6.45) is 0.421. The van der Waals surface area contributed by atoms with Crippen LogP contribution in [0.2, 0.25) is 0 Å². The van der Waals surface area contributed by atoms with Gasteiger partial charge in [-0.1, -0.05) is 18.2 Å². The molecule has 1 aromatic carbocycles. The van der Waals surface area contributed by atoms with Gasteiger partial charge in [0, 0.05) is 32.6 Å². The summed E-state index contributed by atoms with van der Waals surface area (Å²) in [5, 5.41) is 8.55. The summed E-state index contributed by atoms with van der Waals surface area (Å²) in [5.74, 6) is -1.32. The zero-order valence-electron chi connectivity index (χ0n) is 12.3. The van der Waals surface area contributed by atoms with Crippen molar-refractivity contribution in [2.45, 2.75) is 12.8 Å². The van der Waals surface area contributed by atoms with Crippen LogP contribution >= 0.6 is 0 Å². The SMILES string of the molecule is CN(CCCC(=O)O)C(=O)CN(C)C(=O)c1ccccc1. The standard InChI is InChI=1S/C15H20N2O4/c1-16(10-6-9-14(19)20)13(18)11-17(2)15(21)12-7-4-3-5-8-12/h3-5,7-8H,6,9-11H2,1-2H3,(H,19,20). The quantitative estimate of drug-likeness (QED) is 0.815. The molecule has 0 unspecified atom stereocenters. The van der Waals surface area contributed by atoms with Gasteiger partial charge >= 0.3 is 5.97 Å². The summed E-state index contributed by atoms with van der Waals surface area (Å²) in [5.41, 5.74) is 0.529. The van der Waals surface area contributed by atoms with Crippen LogP contribution in [0.25, 0.3) is 0 Å². The van der Waals surface area contributed by atoms with Gasteiger partial charge < -0.3 is 14.9 Å². The lowest BCUT2D eigenvalue weighted by Gasteiger charge is -2.22. The third-order valence-electron chi connectivity index (χ3n) is 3.05. The number of rotatable bonds is 7. The van der Waals surface area contributed by atoms with Gasteiger partial charge in [0.05, 0.1) is 6.54 Å². The van der Waals surface area contributed by atoms with Crippen LogP contribution in [-0.2, 0) is 9.59 Å². The molecule has 1 rings (SSSR count). The van der Waals surface area contributed by atoms with Crippen LogP contribution in [0.3, 0.4) is 0 Å². The normalized spacial score (nSPS) is 10.0. The summed E-state index contributed by atoms with van der Waals surface area (Å²) in [6.45, 7) is 0.329. The first kappa shape index (κ1) is 16.7. The minimum Gasteiger partial charge on any atom is -0.481 e. The fourth-order valence-electron chi connectivity index (χ4n) is 1.79. The Bertz CT molecular complexity index is 502. The van der Waals surface area contributed by atoms with Gasteiger partial charge in [0.25, 0.3) is 5.91 Å². The molecule has 6 nitrogen and oxygen atoms in total. The third-order valence-corrected chi connectivity index (χ3v) is 3.05. The first-order valence-electron chi connectivity index (χ1n) is 6.68. The second kappa shape index (κ2) is 8.04. The van der Waals surface area contributed by atoms with E-state index in [2.05, 4.69) is 0 Å². The zero-order valence-corrected chi connectivity index (χ0v) is 12.3. The van der Waals surface area contributed by atoms with Crippen molar-refractivity contribution in [3.63, 3.8) is 0 Å². The van der Waals surface area contributed by atoms with E-state index in [0.717, 1.165) is 0 Å². The largest absolute Gasteiger partial charge is 0.481 e. The van der Waals surface area contributed by atoms with Crippen molar-refractivity contribution in [1.82, 2.24) is 9.80 Å². The molecule has 0 bridgehead atoms. The summed E-state index contributed by atoms with van der Waals surface area (Å²) < 4.78 is 0. The van der Waals surface area contributed by atoms with E-state index in [0.29, 0.717) is 18.5 Å². The van der Waals surface area contributed by atoms with Gasteiger partial charge in [-0.25, -0.2) is 0 Å². The van der Waals surface area contributed by atoms with Crippen LogP contribution in [0, 0.1) is 0 Å². The van der Waals surface area contributed by atoms with Crippen molar-refractivity contribution in [3.05, 3.63) is 35.9 Å². The summed E-state index contributed by atoms with van der Waals surface area (Å²) in [7, 11) is 3.17. The second-order valence-electron chi connectivity index (χ2n) is 4.84. The lowest BCUT2D eigenvalue weighted by molar-refractivity contribution is -0.138. The molecule has 0 aliphatic rings. The second-order valence-corrected chi connectivity index (χ2v) is 4.84. The molecule has 0 heterocycles. The molecular formula is C15H20N2O4. The Balaban J connectivity index is 2.46. The molecule has 0 saturated heterocycles. The van der Waals surface area contributed by atoms with Crippen molar-refractivity contribution in [2.24, 2.45) is 0 Å². The van der Waals surface area contributed by atoms with Gasteiger partial charge in [-0.05, 0) is 18.6 Å². The number of carbonyl (C=O) groups excluding carboxylic acids is 2. The minimum atomic E-state index is -0.882. The predicted octanol–water partition coefficient (Wildman–Crippen LogP) is 1.08. The molecular weight excluding hydrogens is 272 g/mol. The fraction of sp³-hybridized carbons (Fsp3) is 0.400. The molecule has 0 aromatic heterocycles. The Morgan fingerprint density at radius 3 is 2.24 bits per heavy atom. The molecule has 114 valence electrons. The Labute approximate surface area is 124 Å². The minimum absolute atomic E-state index is 0.0242. The highest BCUT2D eigenvalue weighted by Crippen LogP contribution is 2.03. The smallest absolute Gasteiger partial charge is 0.303 e. The van der Waals surface area contributed by atoms with Crippen LogP contribution in [0.4, 0.5) is 0 Å². The van der Waals surface area contributed by atoms with Crippen LogP contribution in [0.5, 0.6) is 0 Å². The molecule has 0 spiro atoms. The molecule has 1 aromatic rings. The highest BCUT2D eigenvalue weighted by molar-refractivity contribution is 5.96. The third kappa shape index (κ3) is 5.64. The van der Waals surface area contributed by atoms with E-state index in [1.165, 1.54) is 9.80 Å². The van der Waals surface area contributed by atoms with E-state index in [1.54, 1.807) is 38.4 Å². The number of hydrogen-bond acceptors (Lipinski definition) is 3. The van der Waals surface area contributed by atoms with E-state index in [-0.39, 0.29) is 24.8 Å². The first-order chi connectivity index (χ1) is 9.91. The van der Waals surface area contributed by atoms with Gasteiger partial charge in [0.15, 0.2) is 0 Å². The van der Waals surface area contributed by atoms with Crippen molar-refractivity contribution in [1.29, 1.82) is 0 Å². The number of hydrogen-bond donors (Lipinski definition) is 1. The molecule has 6 heteroatoms. The van der Waals surface area contributed by atoms with Crippen molar-refractivity contribution < 1.29 is 19.5 Å². The maximum absolute atomic E-state index is 12.1. The number of benzene rings is 1. The fourth-order valence-corrected chi connectivity index (χ4v) is 1.79. The van der Waals surface area contributed by atoms with E-state index in [1.807, 2.05) is 6.07 Å². The number of carboxylic acids is 1. The maximum atomic E-state index is 12.1. The molecule has 0 aliphatic heterocycles. The highest BCUT2D eigenvalue weighted by Gasteiger charge is 2.17. The number of aliphatic carboxylic acids is 1. The molecule has 0 saturated carbocycles. The van der Waals surface area contributed by atoms with Crippen LogP contribution < -0.4 is 0 Å². The average molecular weight is 292 g/mol. The molecule has 2 amide bonds. The zero-order chi connectivity index (χ0) is 15.8. The van der Waals surface area contributed by atoms with Gasteiger partial charge in [0.1, 0.15) is 0 Å². The van der Waals surface area contributed by atoms with Crippen LogP contribution in [0.15, 0.2) is 30.3 Å². The van der Waals surface area contributed by atoms with E-state index >= 15 is 0 Å². The highest BCUT2D eigenvalue weighted by atomic mass is 16.4. The molecule has 1 N–H and O–H groups in total. The van der Waals surface area contributed by atoms with E-state index < -0.39 is 5.97 Å².